The number of nitrogens with one attached hydrogen (secondary N) is 1. The summed E-state index contributed by atoms with van der Waals surface area (Å²) in [6.07, 6.45) is 1.90. The third-order valence-corrected chi connectivity index (χ3v) is 3.41. The Bertz CT molecular complexity index is 595. The Hall–Kier alpha value is -1.76. The van der Waals surface area contributed by atoms with E-state index in [0.29, 0.717) is 24.0 Å². The molecule has 21 heavy (non-hydrogen) atoms. The van der Waals surface area contributed by atoms with Crippen LogP contribution in [0.5, 0.6) is 0 Å². The number of hydrogen-bond acceptors (Lipinski definition) is 5. The Labute approximate surface area is 124 Å². The summed E-state index contributed by atoms with van der Waals surface area (Å²) in [6.45, 7) is 10.1. The maximum Gasteiger partial charge on any atom is 0.181 e. The van der Waals surface area contributed by atoms with Gasteiger partial charge in [0, 0.05) is 6.42 Å². The van der Waals surface area contributed by atoms with Crippen molar-refractivity contribution < 1.29 is 5.11 Å². The number of aromatic amines is 1. The van der Waals surface area contributed by atoms with Gasteiger partial charge < -0.3 is 5.11 Å². The van der Waals surface area contributed by atoms with E-state index in [1.807, 2.05) is 6.92 Å². The fraction of sp³-hybridized carbons (Fsp3) is 0.714. The minimum absolute atomic E-state index is 0.363. The van der Waals surface area contributed by atoms with Gasteiger partial charge in [-0.25, -0.2) is 9.67 Å². The van der Waals surface area contributed by atoms with E-state index in [1.165, 1.54) is 0 Å². The number of aryl methyl sites for hydroxylation is 1. The van der Waals surface area contributed by atoms with Crippen molar-refractivity contribution in [3.63, 3.8) is 0 Å². The molecule has 116 valence electrons. The van der Waals surface area contributed by atoms with Crippen LogP contribution in [0, 0.1) is 12.8 Å². The molecular weight excluding hydrogens is 268 g/mol. The molecular formula is C14H24N6O. The maximum atomic E-state index is 10.1. The van der Waals surface area contributed by atoms with Crippen molar-refractivity contribution in [2.75, 3.05) is 0 Å². The Morgan fingerprint density at radius 3 is 2.57 bits per heavy atom. The smallest absolute Gasteiger partial charge is 0.181 e. The molecule has 2 rings (SSSR count). The molecule has 0 saturated heterocycles. The summed E-state index contributed by atoms with van der Waals surface area (Å²) < 4.78 is 1.72. The zero-order valence-electron chi connectivity index (χ0n) is 13.4. The molecule has 0 aliphatic carbocycles. The number of rotatable bonds is 6. The van der Waals surface area contributed by atoms with E-state index in [0.717, 1.165) is 24.4 Å². The molecule has 2 heterocycles. The molecule has 0 unspecified atom stereocenters. The minimum Gasteiger partial charge on any atom is -0.389 e. The van der Waals surface area contributed by atoms with E-state index < -0.39 is 5.60 Å². The van der Waals surface area contributed by atoms with Crippen molar-refractivity contribution in [3.05, 3.63) is 11.5 Å². The highest BCUT2D eigenvalue weighted by atomic mass is 16.3. The third-order valence-electron chi connectivity index (χ3n) is 3.41. The predicted octanol–water partition coefficient (Wildman–Crippen LogP) is 1.73. The van der Waals surface area contributed by atoms with Crippen molar-refractivity contribution in [1.29, 1.82) is 0 Å². The molecule has 0 aliphatic rings. The van der Waals surface area contributed by atoms with E-state index in [1.54, 1.807) is 18.5 Å². The lowest BCUT2D eigenvalue weighted by Crippen LogP contribution is -2.27. The molecule has 0 fully saturated rings. The fourth-order valence-corrected chi connectivity index (χ4v) is 2.08. The quantitative estimate of drug-likeness (QED) is 0.846. The largest absolute Gasteiger partial charge is 0.389 e. The van der Waals surface area contributed by atoms with Crippen molar-refractivity contribution in [3.8, 4) is 11.5 Å². The zero-order chi connectivity index (χ0) is 15.6. The van der Waals surface area contributed by atoms with Crippen LogP contribution in [-0.2, 0) is 13.0 Å². The number of H-pyrrole nitrogens is 1. The van der Waals surface area contributed by atoms with Gasteiger partial charge in [0.1, 0.15) is 0 Å². The molecule has 7 heteroatoms. The Morgan fingerprint density at radius 2 is 2.05 bits per heavy atom. The van der Waals surface area contributed by atoms with E-state index in [9.17, 15) is 5.11 Å². The molecule has 0 spiro atoms. The fourth-order valence-electron chi connectivity index (χ4n) is 2.08. The van der Waals surface area contributed by atoms with Gasteiger partial charge in [-0.05, 0) is 26.7 Å². The second-order valence-corrected chi connectivity index (χ2v) is 6.30. The number of hydrogen-bond donors (Lipinski definition) is 2. The summed E-state index contributed by atoms with van der Waals surface area (Å²) in [5.41, 5.74) is 0.588. The highest BCUT2D eigenvalue weighted by Gasteiger charge is 2.22. The van der Waals surface area contributed by atoms with Gasteiger partial charge in [-0.1, -0.05) is 20.3 Å². The monoisotopic (exact) mass is 292 g/mol. The van der Waals surface area contributed by atoms with Crippen LogP contribution in [-0.4, -0.2) is 40.9 Å². The third kappa shape index (κ3) is 3.87. The topological polar surface area (TPSA) is 92.5 Å². The lowest BCUT2D eigenvalue weighted by molar-refractivity contribution is 0.0580. The molecule has 2 aromatic heterocycles. The van der Waals surface area contributed by atoms with Crippen LogP contribution < -0.4 is 0 Å². The molecule has 1 atom stereocenters. The Balaban J connectivity index is 2.39. The lowest BCUT2D eigenvalue weighted by atomic mass is 10.1. The number of nitrogens with zero attached hydrogens (tertiary/aromatic N) is 5. The van der Waals surface area contributed by atoms with Gasteiger partial charge in [0.2, 0.25) is 0 Å². The van der Waals surface area contributed by atoms with Crippen molar-refractivity contribution in [1.82, 2.24) is 30.2 Å². The summed E-state index contributed by atoms with van der Waals surface area (Å²) in [5.74, 6) is 1.96. The van der Waals surface area contributed by atoms with Crippen LogP contribution in [0.25, 0.3) is 11.5 Å². The SMILES string of the molecule is CC[C@H](C)Cc1nc(-c2n[nH]nc2C)n(CC(C)(C)O)n1. The van der Waals surface area contributed by atoms with E-state index in [-0.39, 0.29) is 0 Å². The molecule has 0 aliphatic heterocycles. The van der Waals surface area contributed by atoms with Crippen LogP contribution in [0.3, 0.4) is 0 Å². The van der Waals surface area contributed by atoms with Crippen molar-refractivity contribution in [2.24, 2.45) is 5.92 Å². The van der Waals surface area contributed by atoms with Gasteiger partial charge in [-0.15, -0.1) is 0 Å². The molecule has 2 N–H and O–H groups in total. The molecule has 0 saturated carbocycles. The first-order chi connectivity index (χ1) is 9.80. The summed E-state index contributed by atoms with van der Waals surface area (Å²) in [6, 6.07) is 0. The molecule has 0 radical (unpaired) electrons. The average Bonchev–Trinajstić information content (AvgIpc) is 2.93. The highest BCUT2D eigenvalue weighted by molar-refractivity contribution is 5.51. The van der Waals surface area contributed by atoms with Gasteiger partial charge >= 0.3 is 0 Å². The Kier molecular flexibility index (Phi) is 4.41. The van der Waals surface area contributed by atoms with Crippen LogP contribution >= 0.6 is 0 Å². The van der Waals surface area contributed by atoms with Gasteiger partial charge in [-0.2, -0.15) is 20.5 Å². The zero-order valence-corrected chi connectivity index (χ0v) is 13.4. The standard InChI is InChI=1S/C14H24N6O/c1-6-9(2)7-11-15-13(12-10(3)16-19-17-12)20(18-11)8-14(4,5)21/h9,21H,6-8H2,1-5H3,(H,16,17,19)/t9-/m0/s1. The Morgan fingerprint density at radius 1 is 1.33 bits per heavy atom. The minimum atomic E-state index is -0.867. The second-order valence-electron chi connectivity index (χ2n) is 6.30. The predicted molar refractivity (Wildman–Crippen MR) is 79.6 cm³/mol. The van der Waals surface area contributed by atoms with E-state index >= 15 is 0 Å². The van der Waals surface area contributed by atoms with Gasteiger partial charge in [0.25, 0.3) is 0 Å². The molecule has 0 amide bonds. The van der Waals surface area contributed by atoms with E-state index in [4.69, 9.17) is 0 Å². The summed E-state index contributed by atoms with van der Waals surface area (Å²) >= 11 is 0. The number of aliphatic hydroxyl groups is 1. The van der Waals surface area contributed by atoms with Gasteiger partial charge in [0.15, 0.2) is 17.3 Å². The van der Waals surface area contributed by atoms with Gasteiger partial charge in [-0.3, -0.25) is 0 Å². The van der Waals surface area contributed by atoms with Crippen molar-refractivity contribution in [2.45, 2.75) is 59.6 Å². The number of aromatic nitrogens is 6. The highest BCUT2D eigenvalue weighted by Crippen LogP contribution is 2.20. The molecule has 7 nitrogen and oxygen atoms in total. The van der Waals surface area contributed by atoms with Crippen molar-refractivity contribution >= 4 is 0 Å². The molecule has 2 aromatic rings. The van der Waals surface area contributed by atoms with Gasteiger partial charge in [0.05, 0.1) is 17.8 Å². The summed E-state index contributed by atoms with van der Waals surface area (Å²) in [7, 11) is 0. The first kappa shape index (κ1) is 15.6. The summed E-state index contributed by atoms with van der Waals surface area (Å²) in [5, 5.41) is 25.4. The average molecular weight is 292 g/mol. The summed E-state index contributed by atoms with van der Waals surface area (Å²) in [4.78, 5) is 4.60. The maximum absolute atomic E-state index is 10.1. The van der Waals surface area contributed by atoms with Crippen LogP contribution in [0.1, 0.15) is 45.6 Å². The van der Waals surface area contributed by atoms with E-state index in [2.05, 4.69) is 39.3 Å². The molecule has 0 bridgehead atoms. The van der Waals surface area contributed by atoms with Crippen LogP contribution in [0.2, 0.25) is 0 Å². The first-order valence-electron chi connectivity index (χ1n) is 7.34. The van der Waals surface area contributed by atoms with Crippen LogP contribution in [0.15, 0.2) is 0 Å². The lowest BCUT2D eigenvalue weighted by Gasteiger charge is -2.17. The second kappa shape index (κ2) is 5.93. The first-order valence-corrected chi connectivity index (χ1v) is 7.34. The molecule has 0 aromatic carbocycles. The van der Waals surface area contributed by atoms with Crippen LogP contribution in [0.4, 0.5) is 0 Å². The normalized spacial score (nSPS) is 13.6.